The zero-order valence-corrected chi connectivity index (χ0v) is 14.8. The SMILES string of the molecule is CCCOOc1ccc2c3c1O[C@H]1[C@@H](O)C=C[C@H]4[C@@H](C2)N(C)CC[C@@]341. The van der Waals surface area contributed by atoms with Crippen LogP contribution in [0.1, 0.15) is 30.9 Å². The van der Waals surface area contributed by atoms with E-state index in [4.69, 9.17) is 14.5 Å². The van der Waals surface area contributed by atoms with Crippen LogP contribution in [0.15, 0.2) is 24.3 Å². The standard InChI is InChI=1S/C20H25NO4/c1-3-10-23-25-16-7-4-12-11-14-13-5-6-15(22)19-20(13,8-9-21(14)2)17(12)18(16)24-19/h4-7,13-15,19,22H,3,8-11H2,1-2H3/t13-,14+,15-,19-,20-/m0/s1. The Labute approximate surface area is 148 Å². The van der Waals surface area contributed by atoms with Crippen molar-refractivity contribution in [1.82, 2.24) is 4.90 Å². The summed E-state index contributed by atoms with van der Waals surface area (Å²) in [7, 11) is 2.21. The van der Waals surface area contributed by atoms with Crippen molar-refractivity contribution in [3.05, 3.63) is 35.4 Å². The molecular formula is C20H25NO4. The van der Waals surface area contributed by atoms with Crippen molar-refractivity contribution in [2.75, 3.05) is 20.2 Å². The lowest BCUT2D eigenvalue weighted by Crippen LogP contribution is -2.64. The third-order valence-electron chi connectivity index (χ3n) is 6.57. The highest BCUT2D eigenvalue weighted by Gasteiger charge is 2.64. The minimum absolute atomic E-state index is 0.140. The van der Waals surface area contributed by atoms with E-state index in [0.29, 0.717) is 24.3 Å². The number of hydrogen-bond donors (Lipinski definition) is 1. The van der Waals surface area contributed by atoms with Crippen LogP contribution in [-0.4, -0.2) is 48.5 Å². The second kappa shape index (κ2) is 5.47. The zero-order chi connectivity index (χ0) is 17.2. The molecular weight excluding hydrogens is 318 g/mol. The Morgan fingerprint density at radius 3 is 3.08 bits per heavy atom. The Bertz CT molecular complexity index is 733. The molecule has 0 unspecified atom stereocenters. The summed E-state index contributed by atoms with van der Waals surface area (Å²) < 4.78 is 6.36. The fourth-order valence-corrected chi connectivity index (χ4v) is 5.48. The van der Waals surface area contributed by atoms with Crippen LogP contribution in [0.2, 0.25) is 0 Å². The first-order valence-corrected chi connectivity index (χ1v) is 9.36. The normalized spacial score (nSPS) is 37.6. The molecule has 1 aromatic rings. The number of nitrogens with zero attached hydrogens (tertiary/aromatic N) is 1. The second-order valence-electron chi connectivity index (χ2n) is 7.81. The Hall–Kier alpha value is -1.56. The minimum Gasteiger partial charge on any atom is -0.482 e. The average molecular weight is 343 g/mol. The van der Waals surface area contributed by atoms with Crippen LogP contribution >= 0.6 is 0 Å². The molecule has 2 aliphatic carbocycles. The molecule has 5 heteroatoms. The monoisotopic (exact) mass is 343 g/mol. The summed E-state index contributed by atoms with van der Waals surface area (Å²) in [6.45, 7) is 3.62. The lowest BCUT2D eigenvalue weighted by Gasteiger charge is -2.56. The number of likely N-dealkylation sites (tertiary alicyclic amines) is 1. The Morgan fingerprint density at radius 2 is 2.24 bits per heavy atom. The number of likely N-dealkylation sites (N-methyl/N-ethyl adjacent to an activating group) is 1. The van der Waals surface area contributed by atoms with E-state index in [1.807, 2.05) is 19.1 Å². The van der Waals surface area contributed by atoms with Gasteiger partial charge in [-0.15, -0.1) is 0 Å². The van der Waals surface area contributed by atoms with Crippen LogP contribution in [-0.2, 0) is 16.7 Å². The molecule has 5 atom stereocenters. The molecule has 4 aliphatic rings. The van der Waals surface area contributed by atoms with Crippen molar-refractivity contribution >= 4 is 0 Å². The molecule has 1 saturated heterocycles. The van der Waals surface area contributed by atoms with Crippen LogP contribution in [0.4, 0.5) is 0 Å². The first-order chi connectivity index (χ1) is 12.2. The topological polar surface area (TPSA) is 51.2 Å². The van der Waals surface area contributed by atoms with Gasteiger partial charge in [0.2, 0.25) is 5.75 Å². The van der Waals surface area contributed by atoms with Crippen LogP contribution < -0.4 is 9.62 Å². The lowest BCUT2D eigenvalue weighted by atomic mass is 9.53. The molecule has 1 spiro atoms. The van der Waals surface area contributed by atoms with E-state index in [9.17, 15) is 5.11 Å². The number of hydrogen-bond acceptors (Lipinski definition) is 5. The summed E-state index contributed by atoms with van der Waals surface area (Å²) in [6, 6.07) is 4.57. The number of aliphatic hydroxyl groups excluding tert-OH is 1. The van der Waals surface area contributed by atoms with Gasteiger partial charge < -0.3 is 19.6 Å². The largest absolute Gasteiger partial charge is 0.482 e. The summed E-state index contributed by atoms with van der Waals surface area (Å²) in [5, 5.41) is 10.7. The van der Waals surface area contributed by atoms with Crippen LogP contribution in [0, 0.1) is 5.92 Å². The van der Waals surface area contributed by atoms with E-state index < -0.39 is 6.10 Å². The van der Waals surface area contributed by atoms with Gasteiger partial charge in [-0.25, -0.2) is 0 Å². The Kier molecular flexibility index (Phi) is 3.43. The van der Waals surface area contributed by atoms with Crippen molar-refractivity contribution < 1.29 is 19.6 Å². The summed E-state index contributed by atoms with van der Waals surface area (Å²) in [5.41, 5.74) is 2.45. The van der Waals surface area contributed by atoms with Crippen LogP contribution in [0.3, 0.4) is 0 Å². The molecule has 0 amide bonds. The third-order valence-corrected chi connectivity index (χ3v) is 6.57. The predicted molar refractivity (Wildman–Crippen MR) is 92.8 cm³/mol. The van der Waals surface area contributed by atoms with Gasteiger partial charge in [0.15, 0.2) is 5.75 Å². The molecule has 5 rings (SSSR count). The molecule has 25 heavy (non-hydrogen) atoms. The van der Waals surface area contributed by atoms with Crippen LogP contribution in [0.25, 0.3) is 0 Å². The number of benzene rings is 1. The fourth-order valence-electron chi connectivity index (χ4n) is 5.48. The van der Waals surface area contributed by atoms with Gasteiger partial charge in [-0.05, 0) is 44.5 Å². The quantitative estimate of drug-likeness (QED) is 0.393. The molecule has 1 N–H and O–H groups in total. The molecule has 0 radical (unpaired) electrons. The molecule has 0 saturated carbocycles. The predicted octanol–water partition coefficient (Wildman–Crippen LogP) is 2.21. The van der Waals surface area contributed by atoms with Crippen LogP contribution in [0.5, 0.6) is 11.5 Å². The molecule has 2 aliphatic heterocycles. The van der Waals surface area contributed by atoms with E-state index in [1.165, 1.54) is 11.1 Å². The van der Waals surface area contributed by atoms with E-state index in [1.54, 1.807) is 0 Å². The van der Waals surface area contributed by atoms with Gasteiger partial charge in [-0.1, -0.05) is 25.1 Å². The van der Waals surface area contributed by atoms with Crippen molar-refractivity contribution in [2.24, 2.45) is 5.92 Å². The smallest absolute Gasteiger partial charge is 0.207 e. The van der Waals surface area contributed by atoms with E-state index in [0.717, 1.165) is 31.6 Å². The highest BCUT2D eigenvalue weighted by Crippen LogP contribution is 2.62. The van der Waals surface area contributed by atoms with Gasteiger partial charge in [0, 0.05) is 22.9 Å². The van der Waals surface area contributed by atoms with E-state index in [-0.39, 0.29) is 11.5 Å². The number of ether oxygens (including phenoxy) is 1. The van der Waals surface area contributed by atoms with E-state index >= 15 is 0 Å². The summed E-state index contributed by atoms with van der Waals surface area (Å²) >= 11 is 0. The first kappa shape index (κ1) is 15.7. The van der Waals surface area contributed by atoms with Gasteiger partial charge in [0.25, 0.3) is 0 Å². The lowest BCUT2D eigenvalue weighted by molar-refractivity contribution is -0.207. The third kappa shape index (κ3) is 1.94. The average Bonchev–Trinajstić information content (AvgIpc) is 2.96. The highest BCUT2D eigenvalue weighted by atomic mass is 17.2. The maximum atomic E-state index is 10.7. The maximum absolute atomic E-state index is 10.7. The van der Waals surface area contributed by atoms with Gasteiger partial charge in [0.1, 0.15) is 12.2 Å². The number of rotatable bonds is 4. The maximum Gasteiger partial charge on any atom is 0.207 e. The second-order valence-corrected chi connectivity index (χ2v) is 7.81. The molecule has 1 fully saturated rings. The molecule has 2 bridgehead atoms. The van der Waals surface area contributed by atoms with Gasteiger partial charge in [-0.2, -0.15) is 4.89 Å². The zero-order valence-electron chi connectivity index (χ0n) is 14.8. The van der Waals surface area contributed by atoms with Gasteiger partial charge >= 0.3 is 0 Å². The number of aliphatic hydroxyl groups is 1. The van der Waals surface area contributed by atoms with Crippen molar-refractivity contribution in [3.63, 3.8) is 0 Å². The highest BCUT2D eigenvalue weighted by molar-refractivity contribution is 5.62. The van der Waals surface area contributed by atoms with Crippen molar-refractivity contribution in [3.8, 4) is 11.5 Å². The van der Waals surface area contributed by atoms with E-state index in [2.05, 4.69) is 24.1 Å². The Morgan fingerprint density at radius 1 is 1.36 bits per heavy atom. The van der Waals surface area contributed by atoms with Gasteiger partial charge in [0.05, 0.1) is 6.61 Å². The molecule has 5 nitrogen and oxygen atoms in total. The molecule has 134 valence electrons. The van der Waals surface area contributed by atoms with Crippen molar-refractivity contribution in [1.29, 1.82) is 0 Å². The van der Waals surface area contributed by atoms with Crippen molar-refractivity contribution in [2.45, 2.75) is 49.9 Å². The fraction of sp³-hybridized carbons (Fsp3) is 0.600. The summed E-state index contributed by atoms with van der Waals surface area (Å²) in [5.74, 6) is 1.80. The minimum atomic E-state index is -0.580. The number of piperidine rings is 1. The summed E-state index contributed by atoms with van der Waals surface area (Å²) in [6.07, 6.45) is 6.24. The van der Waals surface area contributed by atoms with Gasteiger partial charge in [-0.3, -0.25) is 0 Å². The first-order valence-electron chi connectivity index (χ1n) is 9.36. The summed E-state index contributed by atoms with van der Waals surface area (Å²) in [4.78, 5) is 13.3. The molecule has 2 heterocycles. The molecule has 1 aromatic carbocycles. The Balaban J connectivity index is 1.66. The molecule has 0 aromatic heterocycles.